The highest BCUT2D eigenvalue weighted by Crippen LogP contribution is 2.19. The molecular weight excluding hydrogens is 316 g/mol. The van der Waals surface area contributed by atoms with Gasteiger partial charge in [0, 0.05) is 26.8 Å². The predicted molar refractivity (Wildman–Crippen MR) is 93.6 cm³/mol. The molecule has 0 saturated carbocycles. The van der Waals surface area contributed by atoms with Crippen molar-refractivity contribution in [3.63, 3.8) is 0 Å². The average molecular weight is 353 g/mol. The van der Waals surface area contributed by atoms with Crippen molar-refractivity contribution in [2.75, 3.05) is 14.2 Å². The van der Waals surface area contributed by atoms with Gasteiger partial charge in [0.2, 0.25) is 0 Å². The van der Waals surface area contributed by atoms with E-state index >= 15 is 0 Å². The molecule has 0 heterocycles. The minimum Gasteiger partial charge on any atom is -0.390 e. The first-order valence-corrected chi connectivity index (χ1v) is 12.9. The van der Waals surface area contributed by atoms with E-state index < -0.39 is 17.6 Å². The molecule has 0 saturated heterocycles. The maximum Gasteiger partial charge on any atom is 0.489 e. The van der Waals surface area contributed by atoms with Crippen molar-refractivity contribution < 1.29 is 22.6 Å². The summed E-state index contributed by atoms with van der Waals surface area (Å²) in [6.45, 7) is 3.90. The summed E-state index contributed by atoms with van der Waals surface area (Å²) in [6, 6.07) is 0.318. The van der Waals surface area contributed by atoms with Crippen molar-refractivity contribution in [2.45, 2.75) is 83.7 Å². The van der Waals surface area contributed by atoms with Gasteiger partial charge in [-0.15, -0.1) is 0 Å². The lowest BCUT2D eigenvalue weighted by Gasteiger charge is -2.28. The molecule has 0 bridgehead atoms. The highest BCUT2D eigenvalue weighted by atomic mass is 28.5. The van der Waals surface area contributed by atoms with Crippen molar-refractivity contribution in [3.8, 4) is 0 Å². The summed E-state index contributed by atoms with van der Waals surface area (Å²) >= 11 is 0. The monoisotopic (exact) mass is 352 g/mol. The van der Waals surface area contributed by atoms with Gasteiger partial charge in [-0.25, -0.2) is 0 Å². The quantitative estimate of drug-likeness (QED) is 0.347. The molecule has 22 heavy (non-hydrogen) atoms. The van der Waals surface area contributed by atoms with E-state index in [-0.39, 0.29) is 0 Å². The summed E-state index contributed by atoms with van der Waals surface area (Å²) in [5.41, 5.74) is 0. The Kier molecular flexibility index (Phi) is 12.8. The summed E-state index contributed by atoms with van der Waals surface area (Å²) in [5, 5.41) is 0. The molecule has 0 fully saturated rings. The van der Waals surface area contributed by atoms with Crippen molar-refractivity contribution >= 4 is 17.6 Å². The average Bonchev–Trinajstić information content (AvgIpc) is 2.48. The van der Waals surface area contributed by atoms with Crippen molar-refractivity contribution in [1.29, 1.82) is 0 Å². The Morgan fingerprint density at radius 3 is 1.55 bits per heavy atom. The maximum absolute atomic E-state index is 9.98. The minimum absolute atomic E-state index is 0.318. The molecule has 0 radical (unpaired) electrons. The number of hydrogen-bond acceptors (Lipinski definition) is 5. The van der Waals surface area contributed by atoms with Crippen LogP contribution < -0.4 is 0 Å². The SMILES string of the molecule is CCCCCCCCCCCC[Si](O)(O)O[Si](C)(OC)OC. The number of hydrogen-bond donors (Lipinski definition) is 2. The number of unbranched alkanes of at least 4 members (excludes halogenated alkanes) is 9. The third-order valence-electron chi connectivity index (χ3n) is 3.95. The normalized spacial score (nSPS) is 12.8. The molecule has 0 aliphatic carbocycles. The van der Waals surface area contributed by atoms with Gasteiger partial charge in [-0.1, -0.05) is 64.7 Å². The van der Waals surface area contributed by atoms with E-state index in [1.807, 2.05) is 0 Å². The largest absolute Gasteiger partial charge is 0.489 e. The first kappa shape index (κ1) is 22.2. The van der Waals surface area contributed by atoms with E-state index in [0.29, 0.717) is 6.04 Å². The fourth-order valence-electron chi connectivity index (χ4n) is 2.36. The topological polar surface area (TPSA) is 68.2 Å². The molecule has 7 heteroatoms. The lowest BCUT2D eigenvalue weighted by atomic mass is 10.1. The van der Waals surface area contributed by atoms with Crippen molar-refractivity contribution in [2.24, 2.45) is 0 Å². The second kappa shape index (κ2) is 12.6. The van der Waals surface area contributed by atoms with E-state index in [1.54, 1.807) is 6.55 Å². The highest BCUT2D eigenvalue weighted by Gasteiger charge is 2.44. The standard InChI is InChI=1S/C15H36O5Si2/c1-5-6-7-8-9-10-11-12-13-14-15-22(16,17)20-21(4,18-2)19-3/h16-17H,5-15H2,1-4H3. The fraction of sp³-hybridized carbons (Fsp3) is 1.00. The van der Waals surface area contributed by atoms with Crippen LogP contribution in [0.25, 0.3) is 0 Å². The lowest BCUT2D eigenvalue weighted by Crippen LogP contribution is -2.53. The molecular formula is C15H36O5Si2. The van der Waals surface area contributed by atoms with Crippen LogP contribution in [-0.2, 0) is 13.0 Å². The molecule has 0 aliphatic heterocycles. The third kappa shape index (κ3) is 11.8. The second-order valence-electron chi connectivity index (χ2n) is 6.05. The van der Waals surface area contributed by atoms with Gasteiger partial charge in [-0.3, -0.25) is 0 Å². The van der Waals surface area contributed by atoms with Gasteiger partial charge >= 0.3 is 17.6 Å². The summed E-state index contributed by atoms with van der Waals surface area (Å²) in [7, 11) is -3.58. The summed E-state index contributed by atoms with van der Waals surface area (Å²) in [6.07, 6.45) is 12.2. The summed E-state index contributed by atoms with van der Waals surface area (Å²) < 4.78 is 15.6. The first-order valence-electron chi connectivity index (χ1n) is 8.64. The molecule has 2 N–H and O–H groups in total. The van der Waals surface area contributed by atoms with Gasteiger partial charge in [0.15, 0.2) is 0 Å². The van der Waals surface area contributed by atoms with Gasteiger partial charge in [-0.05, 0) is 6.42 Å². The molecule has 0 aromatic rings. The van der Waals surface area contributed by atoms with E-state index in [0.717, 1.165) is 19.3 Å². The van der Waals surface area contributed by atoms with Gasteiger partial charge < -0.3 is 22.6 Å². The second-order valence-corrected chi connectivity index (χ2v) is 11.4. The van der Waals surface area contributed by atoms with Crippen LogP contribution in [0.3, 0.4) is 0 Å². The van der Waals surface area contributed by atoms with Crippen LogP contribution in [0.15, 0.2) is 0 Å². The zero-order valence-electron chi connectivity index (χ0n) is 14.9. The van der Waals surface area contributed by atoms with Crippen LogP contribution in [0.2, 0.25) is 12.6 Å². The number of rotatable bonds is 15. The molecule has 0 aliphatic rings. The Morgan fingerprint density at radius 2 is 1.14 bits per heavy atom. The molecule has 0 spiro atoms. The van der Waals surface area contributed by atoms with Crippen molar-refractivity contribution in [1.82, 2.24) is 0 Å². The predicted octanol–water partition coefficient (Wildman–Crippen LogP) is 3.71. The van der Waals surface area contributed by atoms with E-state index in [1.165, 1.54) is 59.2 Å². The zero-order valence-corrected chi connectivity index (χ0v) is 16.9. The van der Waals surface area contributed by atoms with Gasteiger partial charge in [0.1, 0.15) is 0 Å². The van der Waals surface area contributed by atoms with Crippen LogP contribution in [0.1, 0.15) is 71.1 Å². The Labute approximate surface area is 138 Å². The van der Waals surface area contributed by atoms with E-state index in [9.17, 15) is 9.59 Å². The maximum atomic E-state index is 9.98. The van der Waals surface area contributed by atoms with E-state index in [2.05, 4.69) is 6.92 Å². The summed E-state index contributed by atoms with van der Waals surface area (Å²) in [5.74, 6) is 0. The Hall–Kier alpha value is 0.234. The molecule has 0 atom stereocenters. The zero-order chi connectivity index (χ0) is 16.9. The smallest absolute Gasteiger partial charge is 0.390 e. The molecule has 0 aromatic heterocycles. The van der Waals surface area contributed by atoms with Crippen LogP contribution >= 0.6 is 0 Å². The third-order valence-corrected chi connectivity index (χ3v) is 9.23. The molecule has 5 nitrogen and oxygen atoms in total. The van der Waals surface area contributed by atoms with Gasteiger partial charge in [0.05, 0.1) is 0 Å². The van der Waals surface area contributed by atoms with Crippen LogP contribution in [0, 0.1) is 0 Å². The van der Waals surface area contributed by atoms with Crippen LogP contribution in [0.4, 0.5) is 0 Å². The summed E-state index contributed by atoms with van der Waals surface area (Å²) in [4.78, 5) is 20.0. The molecule has 134 valence electrons. The molecule has 0 aromatic carbocycles. The lowest BCUT2D eigenvalue weighted by molar-refractivity contribution is 0.118. The van der Waals surface area contributed by atoms with Crippen LogP contribution in [-0.4, -0.2) is 41.4 Å². The Morgan fingerprint density at radius 1 is 0.727 bits per heavy atom. The molecule has 0 unspecified atom stereocenters. The van der Waals surface area contributed by atoms with Crippen molar-refractivity contribution in [3.05, 3.63) is 0 Å². The fourth-order valence-corrected chi connectivity index (χ4v) is 6.68. The highest BCUT2D eigenvalue weighted by molar-refractivity contribution is 6.72. The Bertz CT molecular complexity index is 260. The molecule has 0 rings (SSSR count). The minimum atomic E-state index is -3.66. The van der Waals surface area contributed by atoms with Gasteiger partial charge in [-0.2, -0.15) is 0 Å². The Balaban J connectivity index is 3.61. The first-order chi connectivity index (χ1) is 10.4. The van der Waals surface area contributed by atoms with E-state index in [4.69, 9.17) is 13.0 Å². The van der Waals surface area contributed by atoms with Gasteiger partial charge in [0.25, 0.3) is 0 Å². The molecule has 0 amide bonds. The van der Waals surface area contributed by atoms with Crippen LogP contribution in [0.5, 0.6) is 0 Å².